The first-order valence-electron chi connectivity index (χ1n) is 11.6. The quantitative estimate of drug-likeness (QED) is 0.390. The van der Waals surface area contributed by atoms with Crippen molar-refractivity contribution < 1.29 is 19.4 Å². The summed E-state index contributed by atoms with van der Waals surface area (Å²) in [4.78, 5) is 30.0. The second kappa shape index (κ2) is 12.1. The van der Waals surface area contributed by atoms with Gasteiger partial charge in [-0.1, -0.05) is 24.1 Å². The van der Waals surface area contributed by atoms with Crippen LogP contribution < -0.4 is 4.74 Å². The highest BCUT2D eigenvalue weighted by Crippen LogP contribution is 2.27. The van der Waals surface area contributed by atoms with E-state index in [1.807, 2.05) is 49.1 Å². The molecule has 0 spiro atoms. The molecule has 6 nitrogen and oxygen atoms in total. The minimum Gasteiger partial charge on any atom is -0.493 e. The van der Waals surface area contributed by atoms with Crippen LogP contribution in [0, 0.1) is 17.8 Å². The molecule has 33 heavy (non-hydrogen) atoms. The van der Waals surface area contributed by atoms with Gasteiger partial charge in [0.1, 0.15) is 11.4 Å². The van der Waals surface area contributed by atoms with E-state index >= 15 is 0 Å². The molecule has 3 rings (SSSR count). The number of ether oxygens (including phenoxy) is 1. The second-order valence-electron chi connectivity index (χ2n) is 8.66. The van der Waals surface area contributed by atoms with Crippen LogP contribution in [-0.2, 0) is 11.3 Å². The summed E-state index contributed by atoms with van der Waals surface area (Å²) in [6.45, 7) is 4.92. The second-order valence-corrected chi connectivity index (χ2v) is 8.66. The molecule has 1 amide bonds. The van der Waals surface area contributed by atoms with Crippen molar-refractivity contribution in [3.63, 3.8) is 0 Å². The molecule has 1 aromatic carbocycles. The number of rotatable bonds is 11. The lowest BCUT2D eigenvalue weighted by Crippen LogP contribution is -2.36. The number of carbonyl (C=O) groups excluding carboxylic acids is 1. The van der Waals surface area contributed by atoms with Gasteiger partial charge in [-0.3, -0.25) is 9.59 Å². The number of hydrogen-bond acceptors (Lipinski definition) is 4. The van der Waals surface area contributed by atoms with Gasteiger partial charge in [0.25, 0.3) is 5.91 Å². The first-order chi connectivity index (χ1) is 15.9. The van der Waals surface area contributed by atoms with E-state index in [2.05, 4.69) is 16.8 Å². The van der Waals surface area contributed by atoms with Gasteiger partial charge in [-0.25, -0.2) is 4.98 Å². The number of nitrogens with zero attached hydrogens (tertiary/aromatic N) is 2. The third-order valence-corrected chi connectivity index (χ3v) is 5.48. The Morgan fingerprint density at radius 3 is 2.61 bits per heavy atom. The van der Waals surface area contributed by atoms with Gasteiger partial charge in [0, 0.05) is 36.7 Å². The molecule has 0 aliphatic heterocycles. The van der Waals surface area contributed by atoms with Gasteiger partial charge in [0.2, 0.25) is 0 Å². The maximum atomic E-state index is 13.2. The minimum atomic E-state index is -0.768. The molecule has 1 aliphatic rings. The highest BCUT2D eigenvalue weighted by molar-refractivity contribution is 5.94. The predicted octanol–water partition coefficient (Wildman–Crippen LogP) is 4.92. The standard InChI is InChI=1S/C27H32N2O4/c1-20(2)29(27(32)22-14-16-24(28-18-22)15-13-21-11-12-21)19-23-8-5-6-9-25(23)33-17-7-3-4-10-26(30)31/h5-6,8-9,14,16,18,20-21H,3-4,7,10-12,17,19H2,1-2H3,(H,30,31). The van der Waals surface area contributed by atoms with E-state index in [0.717, 1.165) is 24.2 Å². The third kappa shape index (κ3) is 7.94. The van der Waals surface area contributed by atoms with E-state index in [-0.39, 0.29) is 18.4 Å². The topological polar surface area (TPSA) is 79.7 Å². The first-order valence-corrected chi connectivity index (χ1v) is 11.6. The molecule has 0 unspecified atom stereocenters. The molecule has 1 heterocycles. The van der Waals surface area contributed by atoms with Crippen LogP contribution in [0.5, 0.6) is 5.75 Å². The summed E-state index contributed by atoms with van der Waals surface area (Å²) in [5.41, 5.74) is 2.17. The van der Waals surface area contributed by atoms with Crippen molar-refractivity contribution in [1.29, 1.82) is 0 Å². The van der Waals surface area contributed by atoms with Gasteiger partial charge < -0.3 is 14.7 Å². The van der Waals surface area contributed by atoms with Crippen molar-refractivity contribution >= 4 is 11.9 Å². The SMILES string of the molecule is CC(C)N(Cc1ccccc1OCCCCCC(=O)O)C(=O)c1ccc(C#CC2CC2)nc1. The van der Waals surface area contributed by atoms with Crippen LogP contribution in [0.25, 0.3) is 0 Å². The summed E-state index contributed by atoms with van der Waals surface area (Å²) in [6, 6.07) is 11.3. The molecule has 0 bridgehead atoms. The fraction of sp³-hybridized carbons (Fsp3) is 0.444. The Hall–Kier alpha value is -3.33. The summed E-state index contributed by atoms with van der Waals surface area (Å²) in [5.74, 6) is 6.67. The lowest BCUT2D eigenvalue weighted by Gasteiger charge is -2.27. The monoisotopic (exact) mass is 448 g/mol. The van der Waals surface area contributed by atoms with Crippen LogP contribution in [0.1, 0.15) is 74.0 Å². The van der Waals surface area contributed by atoms with Crippen molar-refractivity contribution in [2.45, 2.75) is 65.0 Å². The fourth-order valence-corrected chi connectivity index (χ4v) is 3.35. The summed E-state index contributed by atoms with van der Waals surface area (Å²) < 4.78 is 5.96. The van der Waals surface area contributed by atoms with Crippen LogP contribution >= 0.6 is 0 Å². The molecule has 0 atom stereocenters. The van der Waals surface area contributed by atoms with Crippen LogP contribution in [0.15, 0.2) is 42.6 Å². The Morgan fingerprint density at radius 2 is 1.94 bits per heavy atom. The highest BCUT2D eigenvalue weighted by Gasteiger charge is 2.21. The molecule has 0 saturated heterocycles. The maximum Gasteiger partial charge on any atom is 0.303 e. The number of carboxylic acids is 1. The van der Waals surface area contributed by atoms with Crippen molar-refractivity contribution in [2.24, 2.45) is 5.92 Å². The van der Waals surface area contributed by atoms with E-state index in [0.29, 0.717) is 36.7 Å². The van der Waals surface area contributed by atoms with E-state index in [9.17, 15) is 9.59 Å². The summed E-state index contributed by atoms with van der Waals surface area (Å²) in [5, 5.41) is 8.73. The lowest BCUT2D eigenvalue weighted by atomic mass is 10.1. The molecule has 1 fully saturated rings. The molecule has 0 radical (unpaired) electrons. The number of benzene rings is 1. The smallest absolute Gasteiger partial charge is 0.303 e. The average molecular weight is 449 g/mol. The normalized spacial score (nSPS) is 12.7. The molecule has 1 saturated carbocycles. The summed E-state index contributed by atoms with van der Waals surface area (Å²) >= 11 is 0. The summed E-state index contributed by atoms with van der Waals surface area (Å²) in [7, 11) is 0. The zero-order valence-electron chi connectivity index (χ0n) is 19.4. The van der Waals surface area contributed by atoms with Gasteiger partial charge >= 0.3 is 5.97 Å². The minimum absolute atomic E-state index is 0.00379. The number of aliphatic carboxylic acids is 1. The Kier molecular flexibility index (Phi) is 8.88. The number of hydrogen-bond donors (Lipinski definition) is 1. The number of carbonyl (C=O) groups is 2. The Labute approximate surface area is 196 Å². The van der Waals surface area contributed by atoms with Crippen molar-refractivity contribution in [2.75, 3.05) is 6.61 Å². The van der Waals surface area contributed by atoms with Gasteiger partial charge in [-0.05, 0) is 70.1 Å². The van der Waals surface area contributed by atoms with E-state index in [4.69, 9.17) is 9.84 Å². The predicted molar refractivity (Wildman–Crippen MR) is 127 cm³/mol. The van der Waals surface area contributed by atoms with Crippen molar-refractivity contribution in [1.82, 2.24) is 9.88 Å². The van der Waals surface area contributed by atoms with E-state index in [1.165, 1.54) is 12.8 Å². The summed E-state index contributed by atoms with van der Waals surface area (Å²) in [6.07, 6.45) is 6.37. The Balaban J connectivity index is 1.61. The Bertz CT molecular complexity index is 1000. The third-order valence-electron chi connectivity index (χ3n) is 5.48. The Morgan fingerprint density at radius 1 is 1.15 bits per heavy atom. The van der Waals surface area contributed by atoms with Crippen LogP contribution in [0.4, 0.5) is 0 Å². The number of amides is 1. The van der Waals surface area contributed by atoms with Crippen molar-refractivity contribution in [3.05, 3.63) is 59.4 Å². The number of para-hydroxylation sites is 1. The largest absolute Gasteiger partial charge is 0.493 e. The molecular formula is C27H32N2O4. The molecule has 1 N–H and O–H groups in total. The zero-order chi connectivity index (χ0) is 23.6. The van der Waals surface area contributed by atoms with Crippen LogP contribution in [-0.4, -0.2) is 39.5 Å². The molecule has 1 aliphatic carbocycles. The number of carboxylic acid groups (broad SMARTS) is 1. The molecule has 174 valence electrons. The van der Waals surface area contributed by atoms with E-state index < -0.39 is 5.97 Å². The number of unbranched alkanes of at least 4 members (excludes halogenated alkanes) is 2. The van der Waals surface area contributed by atoms with Gasteiger partial charge in [-0.2, -0.15) is 0 Å². The maximum absolute atomic E-state index is 13.2. The average Bonchev–Trinajstić information content (AvgIpc) is 3.63. The van der Waals surface area contributed by atoms with Crippen LogP contribution in [0.3, 0.4) is 0 Å². The highest BCUT2D eigenvalue weighted by atomic mass is 16.5. The molecule has 1 aromatic heterocycles. The van der Waals surface area contributed by atoms with E-state index in [1.54, 1.807) is 12.3 Å². The fourth-order valence-electron chi connectivity index (χ4n) is 3.35. The molecule has 6 heteroatoms. The zero-order valence-corrected chi connectivity index (χ0v) is 19.4. The number of pyridine rings is 1. The lowest BCUT2D eigenvalue weighted by molar-refractivity contribution is -0.137. The number of aromatic nitrogens is 1. The molecule has 2 aromatic rings. The van der Waals surface area contributed by atoms with Crippen molar-refractivity contribution in [3.8, 4) is 17.6 Å². The molecular weight excluding hydrogens is 416 g/mol. The van der Waals surface area contributed by atoms with Gasteiger partial charge in [0.15, 0.2) is 0 Å². The first kappa shape index (κ1) is 24.3. The van der Waals surface area contributed by atoms with Crippen LogP contribution in [0.2, 0.25) is 0 Å². The van der Waals surface area contributed by atoms with Gasteiger partial charge in [0.05, 0.1) is 12.2 Å². The van der Waals surface area contributed by atoms with Gasteiger partial charge in [-0.15, -0.1) is 0 Å².